The molecule has 180 valence electrons. The fourth-order valence-electron chi connectivity index (χ4n) is 3.01. The molecular formula is C25H24N4O5S. The molecule has 10 heteroatoms. The number of amides is 1. The van der Waals surface area contributed by atoms with Crippen LogP contribution < -0.4 is 19.2 Å². The number of rotatable bonds is 10. The predicted octanol–water partition coefficient (Wildman–Crippen LogP) is 3.25. The lowest BCUT2D eigenvalue weighted by atomic mass is 10.2. The highest BCUT2D eigenvalue weighted by atomic mass is 32.2. The second kappa shape index (κ2) is 11.7. The topological polar surface area (TPSA) is 121 Å². The zero-order valence-electron chi connectivity index (χ0n) is 19.2. The zero-order chi connectivity index (χ0) is 25.3. The van der Waals surface area contributed by atoms with Gasteiger partial charge in [0.2, 0.25) is 0 Å². The number of ether oxygens (including phenoxy) is 2. The Morgan fingerprint density at radius 1 is 1.03 bits per heavy atom. The Kier molecular flexibility index (Phi) is 8.43. The summed E-state index contributed by atoms with van der Waals surface area (Å²) in [5, 5.41) is 12.5. The summed E-state index contributed by atoms with van der Waals surface area (Å²) in [6.45, 7) is 1.35. The van der Waals surface area contributed by atoms with E-state index in [1.165, 1.54) is 25.5 Å². The highest BCUT2D eigenvalue weighted by molar-refractivity contribution is 7.92. The van der Waals surface area contributed by atoms with Crippen molar-refractivity contribution >= 4 is 27.8 Å². The lowest BCUT2D eigenvalue weighted by Crippen LogP contribution is -2.39. The second-order valence-electron chi connectivity index (χ2n) is 7.33. The molecule has 1 N–H and O–H groups in total. The molecule has 3 aromatic carbocycles. The van der Waals surface area contributed by atoms with Crippen molar-refractivity contribution < 1.29 is 22.7 Å². The Balaban J connectivity index is 1.76. The molecule has 0 saturated heterocycles. The van der Waals surface area contributed by atoms with E-state index in [4.69, 9.17) is 14.7 Å². The number of hydrogen-bond donors (Lipinski definition) is 1. The third-order valence-corrected chi connectivity index (χ3v) is 6.63. The summed E-state index contributed by atoms with van der Waals surface area (Å²) in [5.74, 6) is 0.431. The van der Waals surface area contributed by atoms with Crippen LogP contribution in [-0.2, 0) is 14.8 Å². The van der Waals surface area contributed by atoms with Crippen LogP contribution in [0.25, 0.3) is 0 Å². The molecular weight excluding hydrogens is 468 g/mol. The van der Waals surface area contributed by atoms with Gasteiger partial charge in [-0.05, 0) is 73.2 Å². The SMILES string of the molecule is COc1ccc(S(=O)(=O)N(CC(=O)N/N=C\c2ccc(OCC#N)cc2)c2ccc(C)cc2)cc1. The van der Waals surface area contributed by atoms with Gasteiger partial charge in [-0.25, -0.2) is 13.8 Å². The number of nitrogens with zero attached hydrogens (tertiary/aromatic N) is 3. The second-order valence-corrected chi connectivity index (χ2v) is 9.19. The summed E-state index contributed by atoms with van der Waals surface area (Å²) >= 11 is 0. The van der Waals surface area contributed by atoms with Crippen LogP contribution in [0.2, 0.25) is 0 Å². The first-order valence-corrected chi connectivity index (χ1v) is 11.9. The lowest BCUT2D eigenvalue weighted by Gasteiger charge is -2.24. The van der Waals surface area contributed by atoms with Crippen molar-refractivity contribution in [3.63, 3.8) is 0 Å². The molecule has 0 aliphatic heterocycles. The van der Waals surface area contributed by atoms with E-state index < -0.39 is 22.5 Å². The number of nitrogens with one attached hydrogen (secondary N) is 1. The Labute approximate surface area is 204 Å². The fraction of sp³-hybridized carbons (Fsp3) is 0.160. The molecule has 1 amide bonds. The number of hydrazone groups is 1. The van der Waals surface area contributed by atoms with Gasteiger partial charge >= 0.3 is 0 Å². The summed E-state index contributed by atoms with van der Waals surface area (Å²) in [6.07, 6.45) is 1.42. The molecule has 0 atom stereocenters. The summed E-state index contributed by atoms with van der Waals surface area (Å²) in [7, 11) is -2.56. The number of sulfonamides is 1. The van der Waals surface area contributed by atoms with Crippen molar-refractivity contribution in [2.75, 3.05) is 24.6 Å². The summed E-state index contributed by atoms with van der Waals surface area (Å²) in [6, 6.07) is 21.4. The standard InChI is InChI=1S/C25H24N4O5S/c1-19-3-7-21(8-4-19)29(35(31,32)24-13-11-22(33-2)12-14-24)18-25(30)28-27-17-20-5-9-23(10-6-20)34-16-15-26/h3-14,17H,16,18H2,1-2H3,(H,28,30)/b27-17-. The first-order chi connectivity index (χ1) is 16.8. The number of hydrogen-bond acceptors (Lipinski definition) is 7. The smallest absolute Gasteiger partial charge is 0.264 e. The number of carbonyl (C=O) groups excluding carboxylic acids is 1. The molecule has 0 bridgehead atoms. The first kappa shape index (κ1) is 25.3. The number of methoxy groups -OCH3 is 1. The molecule has 0 aromatic heterocycles. The van der Waals surface area contributed by atoms with Crippen molar-refractivity contribution in [2.24, 2.45) is 5.10 Å². The number of nitriles is 1. The van der Waals surface area contributed by atoms with Gasteiger partial charge in [-0.2, -0.15) is 10.4 Å². The first-order valence-electron chi connectivity index (χ1n) is 10.5. The van der Waals surface area contributed by atoms with Crippen LogP contribution >= 0.6 is 0 Å². The summed E-state index contributed by atoms with van der Waals surface area (Å²) in [5.41, 5.74) is 4.34. The van der Waals surface area contributed by atoms with Crippen LogP contribution in [-0.4, -0.2) is 40.8 Å². The largest absolute Gasteiger partial charge is 0.497 e. The van der Waals surface area contributed by atoms with Gasteiger partial charge in [0.05, 0.1) is 23.9 Å². The van der Waals surface area contributed by atoms with E-state index in [0.717, 1.165) is 9.87 Å². The highest BCUT2D eigenvalue weighted by Gasteiger charge is 2.27. The molecule has 0 spiro atoms. The summed E-state index contributed by atoms with van der Waals surface area (Å²) < 4.78 is 38.1. The van der Waals surface area contributed by atoms with Crippen molar-refractivity contribution in [1.82, 2.24) is 5.43 Å². The average Bonchev–Trinajstić information content (AvgIpc) is 2.87. The molecule has 0 heterocycles. The Bertz CT molecular complexity index is 1310. The van der Waals surface area contributed by atoms with E-state index in [-0.39, 0.29) is 11.5 Å². The van der Waals surface area contributed by atoms with Crippen LogP contribution in [0.5, 0.6) is 11.5 Å². The van der Waals surface area contributed by atoms with E-state index in [1.807, 2.05) is 13.0 Å². The third kappa shape index (κ3) is 6.82. The molecule has 0 fully saturated rings. The minimum Gasteiger partial charge on any atom is -0.497 e. The van der Waals surface area contributed by atoms with Crippen molar-refractivity contribution in [3.05, 3.63) is 83.9 Å². The van der Waals surface area contributed by atoms with Crippen molar-refractivity contribution in [1.29, 1.82) is 5.26 Å². The average molecular weight is 493 g/mol. The van der Waals surface area contributed by atoms with E-state index >= 15 is 0 Å². The maximum absolute atomic E-state index is 13.4. The minimum atomic E-state index is -4.05. The lowest BCUT2D eigenvalue weighted by molar-refractivity contribution is -0.119. The molecule has 0 aliphatic rings. The van der Waals surface area contributed by atoms with Gasteiger partial charge in [-0.1, -0.05) is 17.7 Å². The highest BCUT2D eigenvalue weighted by Crippen LogP contribution is 2.25. The summed E-state index contributed by atoms with van der Waals surface area (Å²) in [4.78, 5) is 12.7. The van der Waals surface area contributed by atoms with E-state index in [1.54, 1.807) is 60.7 Å². The molecule has 0 aliphatic carbocycles. The predicted molar refractivity (Wildman–Crippen MR) is 132 cm³/mol. The Morgan fingerprint density at radius 3 is 2.26 bits per heavy atom. The van der Waals surface area contributed by atoms with E-state index in [9.17, 15) is 13.2 Å². The van der Waals surface area contributed by atoms with Gasteiger partial charge in [0.15, 0.2) is 6.61 Å². The molecule has 9 nitrogen and oxygen atoms in total. The molecule has 3 aromatic rings. The van der Waals surface area contributed by atoms with Crippen LogP contribution in [0.3, 0.4) is 0 Å². The minimum absolute atomic E-state index is 0.0221. The zero-order valence-corrected chi connectivity index (χ0v) is 20.0. The van der Waals surface area contributed by atoms with Gasteiger partial charge in [0.25, 0.3) is 15.9 Å². The monoisotopic (exact) mass is 492 g/mol. The molecule has 0 radical (unpaired) electrons. The van der Waals surface area contributed by atoms with Crippen molar-refractivity contribution in [2.45, 2.75) is 11.8 Å². The van der Waals surface area contributed by atoms with Gasteiger partial charge < -0.3 is 9.47 Å². The Morgan fingerprint density at radius 2 is 1.66 bits per heavy atom. The van der Waals surface area contributed by atoms with E-state index in [0.29, 0.717) is 22.7 Å². The van der Waals surface area contributed by atoms with Gasteiger partial charge in [0, 0.05) is 0 Å². The maximum atomic E-state index is 13.4. The molecule has 0 saturated carbocycles. The van der Waals surface area contributed by atoms with Crippen LogP contribution in [0, 0.1) is 18.3 Å². The van der Waals surface area contributed by atoms with Gasteiger partial charge in [0.1, 0.15) is 24.1 Å². The molecule has 35 heavy (non-hydrogen) atoms. The van der Waals surface area contributed by atoms with Crippen LogP contribution in [0.4, 0.5) is 5.69 Å². The molecule has 3 rings (SSSR count). The third-order valence-electron chi connectivity index (χ3n) is 4.84. The Hall–Kier alpha value is -4.36. The number of anilines is 1. The quantitative estimate of drug-likeness (QED) is 0.343. The van der Waals surface area contributed by atoms with Gasteiger partial charge in [-0.3, -0.25) is 9.10 Å². The van der Waals surface area contributed by atoms with Crippen LogP contribution in [0.1, 0.15) is 11.1 Å². The van der Waals surface area contributed by atoms with Crippen LogP contribution in [0.15, 0.2) is 82.8 Å². The number of benzene rings is 3. The van der Waals surface area contributed by atoms with Gasteiger partial charge in [-0.15, -0.1) is 0 Å². The normalized spacial score (nSPS) is 11.0. The van der Waals surface area contributed by atoms with Crippen molar-refractivity contribution in [3.8, 4) is 17.6 Å². The molecule has 0 unspecified atom stereocenters. The number of aryl methyl sites for hydroxylation is 1. The van der Waals surface area contributed by atoms with E-state index in [2.05, 4.69) is 10.5 Å². The number of carbonyl (C=O) groups is 1. The fourth-order valence-corrected chi connectivity index (χ4v) is 4.43. The maximum Gasteiger partial charge on any atom is 0.264 e.